The Kier molecular flexibility index (Phi) is 3.59. The average Bonchev–Trinajstić information content (AvgIpc) is 2.30. The van der Waals surface area contributed by atoms with Crippen molar-refractivity contribution in [2.75, 3.05) is 19.6 Å². The van der Waals surface area contributed by atoms with Crippen molar-refractivity contribution >= 4 is 0 Å². The second kappa shape index (κ2) is 4.95. The van der Waals surface area contributed by atoms with Crippen LogP contribution >= 0.6 is 0 Å². The van der Waals surface area contributed by atoms with Crippen LogP contribution in [0.15, 0.2) is 30.3 Å². The first-order valence-corrected chi connectivity index (χ1v) is 5.91. The second-order valence-electron chi connectivity index (χ2n) is 4.73. The van der Waals surface area contributed by atoms with Gasteiger partial charge in [-0.15, -0.1) is 0 Å². The minimum Gasteiger partial charge on any atom is -0.387 e. The predicted octanol–water partition coefficient (Wildman–Crippen LogP) is 0.972. The topological polar surface area (TPSA) is 49.5 Å². The monoisotopic (exact) mass is 220 g/mol. The lowest BCUT2D eigenvalue weighted by molar-refractivity contribution is -0.0257. The van der Waals surface area contributed by atoms with E-state index in [0.717, 1.165) is 25.9 Å². The van der Waals surface area contributed by atoms with Crippen molar-refractivity contribution < 1.29 is 5.11 Å². The lowest BCUT2D eigenvalue weighted by atomic mass is 9.93. The summed E-state index contributed by atoms with van der Waals surface area (Å²) in [7, 11) is 0. The molecule has 16 heavy (non-hydrogen) atoms. The van der Waals surface area contributed by atoms with Crippen LogP contribution in [0.4, 0.5) is 0 Å². The van der Waals surface area contributed by atoms with Gasteiger partial charge in [-0.1, -0.05) is 30.3 Å². The Labute approximate surface area is 96.9 Å². The van der Waals surface area contributed by atoms with Gasteiger partial charge in [0.1, 0.15) is 0 Å². The number of hydrogen-bond acceptors (Lipinski definition) is 3. The van der Waals surface area contributed by atoms with Crippen LogP contribution in [-0.2, 0) is 6.54 Å². The summed E-state index contributed by atoms with van der Waals surface area (Å²) in [4.78, 5) is 2.28. The molecule has 2 rings (SSSR count). The maximum Gasteiger partial charge on any atom is 0.0896 e. The van der Waals surface area contributed by atoms with Crippen LogP contribution in [-0.4, -0.2) is 35.2 Å². The first-order valence-electron chi connectivity index (χ1n) is 5.91. The van der Waals surface area contributed by atoms with E-state index in [2.05, 4.69) is 29.2 Å². The van der Waals surface area contributed by atoms with E-state index in [9.17, 15) is 5.11 Å². The van der Waals surface area contributed by atoms with Crippen LogP contribution in [0.2, 0.25) is 0 Å². The molecule has 1 aromatic rings. The summed E-state index contributed by atoms with van der Waals surface area (Å²) in [5, 5.41) is 10.2. The molecule has 1 aromatic carbocycles. The van der Waals surface area contributed by atoms with Gasteiger partial charge < -0.3 is 10.8 Å². The highest BCUT2D eigenvalue weighted by Crippen LogP contribution is 2.21. The van der Waals surface area contributed by atoms with E-state index in [0.29, 0.717) is 13.1 Å². The van der Waals surface area contributed by atoms with Gasteiger partial charge in [0.2, 0.25) is 0 Å². The highest BCUT2D eigenvalue weighted by Gasteiger charge is 2.31. The number of benzene rings is 1. The Morgan fingerprint density at radius 2 is 2.06 bits per heavy atom. The van der Waals surface area contributed by atoms with Crippen molar-refractivity contribution in [3.8, 4) is 0 Å². The molecule has 1 unspecified atom stereocenters. The zero-order valence-electron chi connectivity index (χ0n) is 9.60. The molecule has 1 aliphatic rings. The van der Waals surface area contributed by atoms with E-state index in [1.165, 1.54) is 5.56 Å². The Bertz CT molecular complexity index is 328. The molecule has 0 aromatic heterocycles. The Morgan fingerprint density at radius 1 is 1.31 bits per heavy atom. The first-order chi connectivity index (χ1) is 7.72. The molecule has 0 radical (unpaired) electrons. The second-order valence-corrected chi connectivity index (χ2v) is 4.73. The highest BCUT2D eigenvalue weighted by atomic mass is 16.3. The summed E-state index contributed by atoms with van der Waals surface area (Å²) in [6.07, 6.45) is 1.86. The number of β-amino-alcohol motifs (C(OH)–C–C–N with tert-alkyl or cyclic N) is 1. The summed E-state index contributed by atoms with van der Waals surface area (Å²) >= 11 is 0. The highest BCUT2D eigenvalue weighted by molar-refractivity contribution is 5.14. The minimum absolute atomic E-state index is 0.359. The molecular weight excluding hydrogens is 200 g/mol. The zero-order valence-corrected chi connectivity index (χ0v) is 9.60. The summed E-state index contributed by atoms with van der Waals surface area (Å²) in [6, 6.07) is 10.4. The van der Waals surface area contributed by atoms with Crippen molar-refractivity contribution in [2.24, 2.45) is 5.73 Å². The third-order valence-corrected chi connectivity index (χ3v) is 3.26. The molecule has 3 N–H and O–H groups in total. The Balaban J connectivity index is 1.96. The normalized spacial score (nSPS) is 26.9. The molecule has 3 nitrogen and oxygen atoms in total. The van der Waals surface area contributed by atoms with Gasteiger partial charge in [-0.3, -0.25) is 4.90 Å². The molecule has 1 aliphatic heterocycles. The fourth-order valence-corrected chi connectivity index (χ4v) is 2.35. The van der Waals surface area contributed by atoms with E-state index in [-0.39, 0.29) is 0 Å². The van der Waals surface area contributed by atoms with E-state index in [1.54, 1.807) is 0 Å². The molecule has 1 heterocycles. The Morgan fingerprint density at radius 3 is 2.75 bits per heavy atom. The van der Waals surface area contributed by atoms with Gasteiger partial charge >= 0.3 is 0 Å². The van der Waals surface area contributed by atoms with Crippen LogP contribution in [0.3, 0.4) is 0 Å². The summed E-state index contributed by atoms with van der Waals surface area (Å²) in [5.74, 6) is 0. The molecule has 0 spiro atoms. The lowest BCUT2D eigenvalue weighted by Gasteiger charge is -2.38. The largest absolute Gasteiger partial charge is 0.387 e. The van der Waals surface area contributed by atoms with E-state index < -0.39 is 5.60 Å². The molecule has 0 amide bonds. The van der Waals surface area contributed by atoms with Gasteiger partial charge in [-0.2, -0.15) is 0 Å². The summed E-state index contributed by atoms with van der Waals surface area (Å²) < 4.78 is 0. The number of aliphatic hydroxyl groups is 1. The third-order valence-electron chi connectivity index (χ3n) is 3.26. The van der Waals surface area contributed by atoms with Crippen LogP contribution in [0, 0.1) is 0 Å². The van der Waals surface area contributed by atoms with Gasteiger partial charge in [0.15, 0.2) is 0 Å². The predicted molar refractivity (Wildman–Crippen MR) is 65.0 cm³/mol. The van der Waals surface area contributed by atoms with Gasteiger partial charge in [-0.05, 0) is 24.9 Å². The summed E-state index contributed by atoms with van der Waals surface area (Å²) in [5.41, 5.74) is 6.24. The third kappa shape index (κ3) is 2.82. The maximum absolute atomic E-state index is 10.2. The van der Waals surface area contributed by atoms with Crippen LogP contribution in [0.1, 0.15) is 18.4 Å². The minimum atomic E-state index is -0.674. The average molecular weight is 220 g/mol. The van der Waals surface area contributed by atoms with Crippen molar-refractivity contribution in [3.63, 3.8) is 0 Å². The number of likely N-dealkylation sites (tertiary alicyclic amines) is 1. The number of hydrogen-bond donors (Lipinski definition) is 2. The summed E-state index contributed by atoms with van der Waals surface area (Å²) in [6.45, 7) is 3.01. The van der Waals surface area contributed by atoms with Crippen molar-refractivity contribution in [3.05, 3.63) is 35.9 Å². The quantitative estimate of drug-likeness (QED) is 0.798. The van der Waals surface area contributed by atoms with Gasteiger partial charge in [0.05, 0.1) is 5.60 Å². The number of rotatable bonds is 3. The molecule has 1 fully saturated rings. The number of piperidine rings is 1. The van der Waals surface area contributed by atoms with E-state index >= 15 is 0 Å². The SMILES string of the molecule is NCC1(O)CCCN(Cc2ccccc2)C1. The molecule has 3 heteroatoms. The Hall–Kier alpha value is -0.900. The molecule has 0 bridgehead atoms. The molecule has 0 saturated carbocycles. The van der Waals surface area contributed by atoms with Crippen molar-refractivity contribution in [1.82, 2.24) is 4.90 Å². The molecule has 1 atom stereocenters. The standard InChI is InChI=1S/C13H20N2O/c14-10-13(16)7-4-8-15(11-13)9-12-5-2-1-3-6-12/h1-3,5-6,16H,4,7-11,14H2. The van der Waals surface area contributed by atoms with Crippen molar-refractivity contribution in [2.45, 2.75) is 25.0 Å². The van der Waals surface area contributed by atoms with Gasteiger partial charge in [0.25, 0.3) is 0 Å². The maximum atomic E-state index is 10.2. The number of nitrogens with zero attached hydrogens (tertiary/aromatic N) is 1. The molecular formula is C13H20N2O. The van der Waals surface area contributed by atoms with Crippen molar-refractivity contribution in [1.29, 1.82) is 0 Å². The number of nitrogens with two attached hydrogens (primary N) is 1. The zero-order chi connectivity index (χ0) is 11.4. The van der Waals surface area contributed by atoms with Crippen LogP contribution in [0.5, 0.6) is 0 Å². The van der Waals surface area contributed by atoms with E-state index in [4.69, 9.17) is 5.73 Å². The van der Waals surface area contributed by atoms with Crippen LogP contribution < -0.4 is 5.73 Å². The van der Waals surface area contributed by atoms with E-state index in [1.807, 2.05) is 6.07 Å². The molecule has 88 valence electrons. The first kappa shape index (κ1) is 11.6. The van der Waals surface area contributed by atoms with Crippen LogP contribution in [0.25, 0.3) is 0 Å². The van der Waals surface area contributed by atoms with Gasteiger partial charge in [0, 0.05) is 19.6 Å². The molecule has 1 saturated heterocycles. The fourth-order valence-electron chi connectivity index (χ4n) is 2.35. The fraction of sp³-hybridized carbons (Fsp3) is 0.538. The smallest absolute Gasteiger partial charge is 0.0896 e. The van der Waals surface area contributed by atoms with Gasteiger partial charge in [-0.25, -0.2) is 0 Å². The lowest BCUT2D eigenvalue weighted by Crippen LogP contribution is -2.52. The molecule has 0 aliphatic carbocycles.